The summed E-state index contributed by atoms with van der Waals surface area (Å²) < 4.78 is 1.77. The molecule has 0 unspecified atom stereocenters. The minimum absolute atomic E-state index is 0. The summed E-state index contributed by atoms with van der Waals surface area (Å²) in [7, 11) is 3.95. The Bertz CT molecular complexity index is 333. The summed E-state index contributed by atoms with van der Waals surface area (Å²) in [5.41, 5.74) is 1.08. The van der Waals surface area contributed by atoms with E-state index in [9.17, 15) is 0 Å². The summed E-state index contributed by atoms with van der Waals surface area (Å²) in [5.74, 6) is 0.903. The molecule has 0 aromatic carbocycles. The molecule has 1 aromatic heterocycles. The van der Waals surface area contributed by atoms with Gasteiger partial charge in [0, 0.05) is 19.8 Å². The number of aryl methyl sites for hydroxylation is 1. The molecular formula is C12H24ClN5. The molecule has 104 valence electrons. The van der Waals surface area contributed by atoms with Crippen LogP contribution in [-0.2, 0) is 13.6 Å². The Kier molecular flexibility index (Phi) is 6.60. The Labute approximate surface area is 115 Å². The maximum Gasteiger partial charge on any atom is 0.0966 e. The average molecular weight is 274 g/mol. The SMILES string of the molecule is CNCCC1CCN(Cc2cn(C)nn2)CC1.Cl. The van der Waals surface area contributed by atoms with Crippen LogP contribution in [0.3, 0.4) is 0 Å². The fourth-order valence-corrected chi connectivity index (χ4v) is 2.48. The molecule has 6 heteroatoms. The van der Waals surface area contributed by atoms with Crippen LogP contribution in [0.25, 0.3) is 0 Å². The van der Waals surface area contributed by atoms with Gasteiger partial charge in [-0.25, -0.2) is 0 Å². The van der Waals surface area contributed by atoms with Crippen LogP contribution in [0, 0.1) is 5.92 Å². The minimum atomic E-state index is 0. The van der Waals surface area contributed by atoms with Crippen LogP contribution >= 0.6 is 12.4 Å². The monoisotopic (exact) mass is 273 g/mol. The number of likely N-dealkylation sites (tertiary alicyclic amines) is 1. The van der Waals surface area contributed by atoms with Gasteiger partial charge in [-0.05, 0) is 51.9 Å². The second kappa shape index (κ2) is 7.71. The lowest BCUT2D eigenvalue weighted by molar-refractivity contribution is 0.170. The minimum Gasteiger partial charge on any atom is -0.320 e. The molecule has 1 saturated heterocycles. The summed E-state index contributed by atoms with van der Waals surface area (Å²) >= 11 is 0. The zero-order valence-electron chi connectivity index (χ0n) is 11.3. The molecule has 5 nitrogen and oxygen atoms in total. The highest BCUT2D eigenvalue weighted by Gasteiger charge is 2.19. The number of hydrogen-bond donors (Lipinski definition) is 1. The summed E-state index contributed by atoms with van der Waals surface area (Å²) in [6, 6.07) is 0. The highest BCUT2D eigenvalue weighted by molar-refractivity contribution is 5.85. The summed E-state index contributed by atoms with van der Waals surface area (Å²) in [4.78, 5) is 2.49. The van der Waals surface area contributed by atoms with Gasteiger partial charge in [0.05, 0.1) is 5.69 Å². The van der Waals surface area contributed by atoms with Crippen molar-refractivity contribution in [1.29, 1.82) is 0 Å². The number of hydrogen-bond acceptors (Lipinski definition) is 4. The van der Waals surface area contributed by atoms with Crippen molar-refractivity contribution in [3.63, 3.8) is 0 Å². The molecule has 1 aliphatic heterocycles. The van der Waals surface area contributed by atoms with Crippen molar-refractivity contribution in [3.8, 4) is 0 Å². The second-order valence-electron chi connectivity index (χ2n) is 5.00. The lowest BCUT2D eigenvalue weighted by atomic mass is 9.93. The number of rotatable bonds is 5. The zero-order chi connectivity index (χ0) is 12.1. The van der Waals surface area contributed by atoms with Gasteiger partial charge in [0.25, 0.3) is 0 Å². The van der Waals surface area contributed by atoms with Crippen molar-refractivity contribution in [2.75, 3.05) is 26.7 Å². The summed E-state index contributed by atoms with van der Waals surface area (Å²) in [6.07, 6.45) is 5.96. The fourth-order valence-electron chi connectivity index (χ4n) is 2.48. The molecule has 0 atom stereocenters. The Morgan fingerprint density at radius 2 is 2.11 bits per heavy atom. The predicted octanol–water partition coefficient (Wildman–Crippen LogP) is 1.06. The van der Waals surface area contributed by atoms with Crippen LogP contribution in [0.1, 0.15) is 25.0 Å². The van der Waals surface area contributed by atoms with E-state index >= 15 is 0 Å². The maximum absolute atomic E-state index is 4.14. The molecule has 18 heavy (non-hydrogen) atoms. The molecule has 0 radical (unpaired) electrons. The van der Waals surface area contributed by atoms with Gasteiger partial charge in [-0.1, -0.05) is 5.21 Å². The van der Waals surface area contributed by atoms with Crippen molar-refractivity contribution in [3.05, 3.63) is 11.9 Å². The number of aromatic nitrogens is 3. The third-order valence-electron chi connectivity index (χ3n) is 3.55. The lowest BCUT2D eigenvalue weighted by Gasteiger charge is -2.31. The molecule has 1 aliphatic rings. The van der Waals surface area contributed by atoms with E-state index in [2.05, 4.69) is 20.5 Å². The highest BCUT2D eigenvalue weighted by Crippen LogP contribution is 2.20. The Balaban J connectivity index is 0.00000162. The molecule has 0 bridgehead atoms. The van der Waals surface area contributed by atoms with Crippen LogP contribution < -0.4 is 5.32 Å². The lowest BCUT2D eigenvalue weighted by Crippen LogP contribution is -2.34. The normalized spacial score (nSPS) is 17.7. The van der Waals surface area contributed by atoms with Gasteiger partial charge in [0.15, 0.2) is 0 Å². The molecule has 2 heterocycles. The van der Waals surface area contributed by atoms with Crippen LogP contribution in [0.2, 0.25) is 0 Å². The fraction of sp³-hybridized carbons (Fsp3) is 0.833. The van der Waals surface area contributed by atoms with Crippen molar-refractivity contribution in [2.24, 2.45) is 13.0 Å². The molecule has 0 amide bonds. The smallest absolute Gasteiger partial charge is 0.0966 e. The maximum atomic E-state index is 4.14. The average Bonchev–Trinajstić information content (AvgIpc) is 2.74. The first-order valence-electron chi connectivity index (χ1n) is 6.50. The predicted molar refractivity (Wildman–Crippen MR) is 74.8 cm³/mol. The van der Waals surface area contributed by atoms with Crippen LogP contribution in [0.5, 0.6) is 0 Å². The molecule has 0 spiro atoms. The second-order valence-corrected chi connectivity index (χ2v) is 5.00. The number of halogens is 1. The largest absolute Gasteiger partial charge is 0.320 e. The molecule has 1 N–H and O–H groups in total. The summed E-state index contributed by atoms with van der Waals surface area (Å²) in [5, 5.41) is 11.3. The Morgan fingerprint density at radius 3 is 2.67 bits per heavy atom. The van der Waals surface area contributed by atoms with Crippen molar-refractivity contribution in [2.45, 2.75) is 25.8 Å². The van der Waals surface area contributed by atoms with E-state index in [1.807, 2.05) is 20.3 Å². The Morgan fingerprint density at radius 1 is 1.39 bits per heavy atom. The quantitative estimate of drug-likeness (QED) is 0.871. The number of nitrogens with zero attached hydrogens (tertiary/aromatic N) is 4. The van der Waals surface area contributed by atoms with Crippen molar-refractivity contribution < 1.29 is 0 Å². The van der Waals surface area contributed by atoms with Crippen molar-refractivity contribution >= 4 is 12.4 Å². The first-order chi connectivity index (χ1) is 8.28. The van der Waals surface area contributed by atoms with Gasteiger partial charge in [0.2, 0.25) is 0 Å². The molecule has 2 rings (SSSR count). The van der Waals surface area contributed by atoms with E-state index < -0.39 is 0 Å². The van der Waals surface area contributed by atoms with Gasteiger partial charge in [-0.15, -0.1) is 17.5 Å². The van der Waals surface area contributed by atoms with Crippen molar-refractivity contribution in [1.82, 2.24) is 25.2 Å². The van der Waals surface area contributed by atoms with Gasteiger partial charge in [-0.2, -0.15) is 0 Å². The van der Waals surface area contributed by atoms with Gasteiger partial charge in [-0.3, -0.25) is 9.58 Å². The van der Waals surface area contributed by atoms with Crippen LogP contribution in [0.4, 0.5) is 0 Å². The molecule has 1 aromatic rings. The van der Waals surface area contributed by atoms with Gasteiger partial charge < -0.3 is 5.32 Å². The molecule has 0 aliphatic carbocycles. The first-order valence-corrected chi connectivity index (χ1v) is 6.50. The van der Waals surface area contributed by atoms with E-state index in [4.69, 9.17) is 0 Å². The highest BCUT2D eigenvalue weighted by atomic mass is 35.5. The van der Waals surface area contributed by atoms with Crippen LogP contribution in [0.15, 0.2) is 6.20 Å². The number of nitrogens with one attached hydrogen (secondary N) is 1. The summed E-state index contributed by atoms with van der Waals surface area (Å²) in [6.45, 7) is 4.50. The van der Waals surface area contributed by atoms with E-state index in [1.165, 1.54) is 32.4 Å². The van der Waals surface area contributed by atoms with E-state index in [0.29, 0.717) is 0 Å². The third kappa shape index (κ3) is 4.55. The van der Waals surface area contributed by atoms with Crippen LogP contribution in [-0.4, -0.2) is 46.6 Å². The van der Waals surface area contributed by atoms with Gasteiger partial charge >= 0.3 is 0 Å². The first kappa shape index (κ1) is 15.4. The number of piperidine rings is 1. The topological polar surface area (TPSA) is 46.0 Å². The van der Waals surface area contributed by atoms with E-state index in [0.717, 1.165) is 24.7 Å². The van der Waals surface area contributed by atoms with E-state index in [1.54, 1.807) is 4.68 Å². The van der Waals surface area contributed by atoms with E-state index in [-0.39, 0.29) is 12.4 Å². The molecular weight excluding hydrogens is 250 g/mol. The zero-order valence-corrected chi connectivity index (χ0v) is 12.1. The molecule has 0 saturated carbocycles. The Hall–Kier alpha value is -0.650. The molecule has 1 fully saturated rings. The standard InChI is InChI=1S/C12H23N5.ClH/c1-13-6-3-11-4-7-17(8-5-11)10-12-9-16(2)15-14-12;/h9,11,13H,3-8,10H2,1-2H3;1H. The third-order valence-corrected chi connectivity index (χ3v) is 3.55. The van der Waals surface area contributed by atoms with Gasteiger partial charge in [0.1, 0.15) is 0 Å².